The molecule has 0 saturated carbocycles. The molecule has 3 nitrogen and oxygen atoms in total. The second-order valence-electron chi connectivity index (χ2n) is 17.8. The highest BCUT2D eigenvalue weighted by Crippen LogP contribution is 2.65. The van der Waals surface area contributed by atoms with Crippen LogP contribution >= 0.6 is 11.8 Å². The Hall–Kier alpha value is -8.05. The molecule has 11 aromatic rings. The third-order valence-electron chi connectivity index (χ3n) is 14.8. The first kappa shape index (κ1) is 36.3. The molecule has 66 heavy (non-hydrogen) atoms. The van der Waals surface area contributed by atoms with Crippen LogP contribution in [0.4, 0.5) is 17.1 Å². The van der Waals surface area contributed by atoms with Gasteiger partial charge in [0.2, 0.25) is 0 Å². The summed E-state index contributed by atoms with van der Waals surface area (Å²) in [5.74, 6) is 1.74. The van der Waals surface area contributed by atoms with E-state index in [2.05, 4.69) is 223 Å². The zero-order valence-corrected chi connectivity index (χ0v) is 36.4. The van der Waals surface area contributed by atoms with Crippen LogP contribution < -0.4 is 9.64 Å². The Morgan fingerprint density at radius 2 is 0.848 bits per heavy atom. The molecule has 10 aromatic carbocycles. The smallest absolute Gasteiger partial charge is 0.137 e. The minimum atomic E-state index is -0.613. The van der Waals surface area contributed by atoms with Gasteiger partial charge < -0.3 is 14.1 Å². The van der Waals surface area contributed by atoms with Crippen molar-refractivity contribution in [2.75, 3.05) is 4.90 Å². The van der Waals surface area contributed by atoms with Gasteiger partial charge in [-0.25, -0.2) is 0 Å². The molecule has 4 heteroatoms. The van der Waals surface area contributed by atoms with Crippen LogP contribution in [0, 0.1) is 0 Å². The average Bonchev–Trinajstić information content (AvgIpc) is 4.00. The van der Waals surface area contributed by atoms with Crippen molar-refractivity contribution in [2.24, 2.45) is 0 Å². The quantitative estimate of drug-likeness (QED) is 0.177. The maximum Gasteiger partial charge on any atom is 0.137 e. The third kappa shape index (κ3) is 4.54. The van der Waals surface area contributed by atoms with Crippen LogP contribution in [0.3, 0.4) is 0 Å². The summed E-state index contributed by atoms with van der Waals surface area (Å²) in [6.07, 6.45) is 0. The van der Waals surface area contributed by atoms with E-state index in [9.17, 15) is 0 Å². The summed E-state index contributed by atoms with van der Waals surface area (Å²) in [6, 6.07) is 82.4. The van der Waals surface area contributed by atoms with E-state index in [1.807, 2.05) is 17.8 Å². The van der Waals surface area contributed by atoms with E-state index in [0.29, 0.717) is 0 Å². The standard InChI is InChI=1S/C62H37NO2S/c1-6-21-45-40(16-1)41-17-2-7-22-46(41)61(45)49-25-10-13-29-55(49)65-56-35-33-38(36-52(56)61)63(53-27-15-30-57-60(53)44-20-5-12-28-54(44)64-57)39-32-34-51-59(37-39)66-58-31-14-11-26-50(58)62(51)47-23-8-3-18-42(47)43-19-4-9-24-48(43)62/h1-37H. The van der Waals surface area contributed by atoms with Gasteiger partial charge in [-0.15, -0.1) is 0 Å². The number of para-hydroxylation sites is 2. The molecule has 0 N–H and O–H groups in total. The van der Waals surface area contributed by atoms with E-state index >= 15 is 0 Å². The Morgan fingerprint density at radius 1 is 0.348 bits per heavy atom. The first-order valence-electron chi connectivity index (χ1n) is 22.7. The van der Waals surface area contributed by atoms with Crippen LogP contribution in [0.5, 0.6) is 11.5 Å². The van der Waals surface area contributed by atoms with E-state index in [1.54, 1.807) is 0 Å². The molecule has 0 amide bonds. The van der Waals surface area contributed by atoms with Gasteiger partial charge in [0.15, 0.2) is 0 Å². The second kappa shape index (κ2) is 13.3. The molecular weight excluding hydrogens is 823 g/mol. The Morgan fingerprint density at radius 3 is 1.55 bits per heavy atom. The fourth-order valence-corrected chi connectivity index (χ4v) is 13.6. The van der Waals surface area contributed by atoms with E-state index in [0.717, 1.165) is 61.6 Å². The van der Waals surface area contributed by atoms with Crippen LogP contribution in [-0.4, -0.2) is 0 Å². The fraction of sp³-hybridized carbons (Fsp3) is 0.0323. The highest BCUT2D eigenvalue weighted by atomic mass is 32.2. The maximum absolute atomic E-state index is 6.94. The molecule has 0 radical (unpaired) electrons. The number of rotatable bonds is 3. The van der Waals surface area contributed by atoms with E-state index in [4.69, 9.17) is 9.15 Å². The summed E-state index contributed by atoms with van der Waals surface area (Å²) in [5, 5.41) is 2.15. The second-order valence-corrected chi connectivity index (χ2v) is 18.9. The average molecular weight is 860 g/mol. The van der Waals surface area contributed by atoms with Crippen molar-refractivity contribution >= 4 is 50.8 Å². The van der Waals surface area contributed by atoms with Gasteiger partial charge >= 0.3 is 0 Å². The number of hydrogen-bond acceptors (Lipinski definition) is 4. The van der Waals surface area contributed by atoms with Crippen molar-refractivity contribution in [1.82, 2.24) is 0 Å². The van der Waals surface area contributed by atoms with Crippen molar-refractivity contribution < 1.29 is 9.15 Å². The Kier molecular flexibility index (Phi) is 7.29. The monoisotopic (exact) mass is 859 g/mol. The van der Waals surface area contributed by atoms with Gasteiger partial charge in [0.25, 0.3) is 0 Å². The topological polar surface area (TPSA) is 25.6 Å². The van der Waals surface area contributed by atoms with Crippen LogP contribution in [0.2, 0.25) is 0 Å². The van der Waals surface area contributed by atoms with Crippen LogP contribution in [0.15, 0.2) is 239 Å². The zero-order chi connectivity index (χ0) is 43.1. The molecule has 0 unspecified atom stereocenters. The van der Waals surface area contributed by atoms with Gasteiger partial charge in [0.05, 0.1) is 21.9 Å². The van der Waals surface area contributed by atoms with Gasteiger partial charge in [-0.1, -0.05) is 176 Å². The minimum Gasteiger partial charge on any atom is -0.457 e. The summed E-state index contributed by atoms with van der Waals surface area (Å²) in [7, 11) is 0. The van der Waals surface area contributed by atoms with Gasteiger partial charge in [-0.3, -0.25) is 0 Å². The number of nitrogens with zero attached hydrogens (tertiary/aromatic N) is 1. The van der Waals surface area contributed by atoms with Crippen molar-refractivity contribution in [3.05, 3.63) is 269 Å². The predicted octanol–water partition coefficient (Wildman–Crippen LogP) is 16.4. The molecule has 0 fully saturated rings. The lowest BCUT2D eigenvalue weighted by molar-refractivity contribution is 0.436. The third-order valence-corrected chi connectivity index (χ3v) is 15.9. The Balaban J connectivity index is 1.02. The number of fused-ring (bicyclic) bond motifs is 21. The maximum atomic E-state index is 6.94. The van der Waals surface area contributed by atoms with Gasteiger partial charge in [-0.2, -0.15) is 0 Å². The molecule has 2 aliphatic carbocycles. The molecule has 4 aliphatic rings. The fourth-order valence-electron chi connectivity index (χ4n) is 12.3. The number of furan rings is 1. The summed E-state index contributed by atoms with van der Waals surface area (Å²) < 4.78 is 13.5. The van der Waals surface area contributed by atoms with Crippen molar-refractivity contribution in [3.63, 3.8) is 0 Å². The highest BCUT2D eigenvalue weighted by molar-refractivity contribution is 7.99. The van der Waals surface area contributed by atoms with Crippen molar-refractivity contribution in [1.29, 1.82) is 0 Å². The normalized spacial score (nSPS) is 14.7. The molecule has 2 spiro atoms. The Bertz CT molecular complexity index is 3790. The highest BCUT2D eigenvalue weighted by Gasteiger charge is 2.52. The SMILES string of the molecule is c1ccc2c(c1)Oc1ccc(N(c3ccc4c(c3)Sc3ccccc3C43c4ccccc4-c4ccccc43)c3cccc4oc5ccccc5c34)cc1C21c2ccccc2-c2ccccc21. The molecule has 0 saturated heterocycles. The summed E-state index contributed by atoms with van der Waals surface area (Å²) >= 11 is 1.87. The minimum absolute atomic E-state index is 0.472. The van der Waals surface area contributed by atoms with Gasteiger partial charge in [-0.05, 0) is 116 Å². The largest absolute Gasteiger partial charge is 0.457 e. The molecule has 15 rings (SSSR count). The molecule has 0 bridgehead atoms. The first-order valence-corrected chi connectivity index (χ1v) is 23.5. The van der Waals surface area contributed by atoms with E-state index < -0.39 is 10.8 Å². The molecular formula is C62H37NO2S. The van der Waals surface area contributed by atoms with Crippen LogP contribution in [0.25, 0.3) is 44.2 Å². The predicted molar refractivity (Wildman–Crippen MR) is 267 cm³/mol. The number of anilines is 3. The van der Waals surface area contributed by atoms with E-state index in [1.165, 1.54) is 65.4 Å². The van der Waals surface area contributed by atoms with Crippen molar-refractivity contribution in [2.45, 2.75) is 20.6 Å². The van der Waals surface area contributed by atoms with Crippen LogP contribution in [0.1, 0.15) is 44.5 Å². The van der Waals surface area contributed by atoms with Crippen LogP contribution in [-0.2, 0) is 10.8 Å². The lowest BCUT2D eigenvalue weighted by Gasteiger charge is -2.41. The number of benzene rings is 10. The van der Waals surface area contributed by atoms with Gasteiger partial charge in [0.1, 0.15) is 22.7 Å². The summed E-state index contributed by atoms with van der Waals surface area (Å²) in [6.45, 7) is 0. The molecule has 308 valence electrons. The van der Waals surface area contributed by atoms with Crippen molar-refractivity contribution in [3.8, 4) is 33.8 Å². The lowest BCUT2D eigenvalue weighted by atomic mass is 9.66. The number of ether oxygens (including phenoxy) is 1. The zero-order valence-electron chi connectivity index (χ0n) is 35.5. The lowest BCUT2D eigenvalue weighted by Crippen LogP contribution is -2.32. The molecule has 0 atom stereocenters. The first-order chi connectivity index (χ1) is 32.7. The van der Waals surface area contributed by atoms with Gasteiger partial charge in [0, 0.05) is 37.7 Å². The molecule has 2 aliphatic heterocycles. The van der Waals surface area contributed by atoms with E-state index in [-0.39, 0.29) is 0 Å². The summed E-state index contributed by atoms with van der Waals surface area (Å²) in [5.41, 5.74) is 19.0. The Labute approximate surface area is 386 Å². The molecule has 1 aromatic heterocycles. The molecule has 3 heterocycles. The number of hydrogen-bond donors (Lipinski definition) is 0. The summed E-state index contributed by atoms with van der Waals surface area (Å²) in [4.78, 5) is 4.96.